The summed E-state index contributed by atoms with van der Waals surface area (Å²) in [5, 5.41) is 8.94. The van der Waals surface area contributed by atoms with E-state index in [0.717, 1.165) is 0 Å². The van der Waals surface area contributed by atoms with Gasteiger partial charge in [0.15, 0.2) is 9.84 Å². The van der Waals surface area contributed by atoms with E-state index in [1.807, 2.05) is 6.92 Å². The van der Waals surface area contributed by atoms with Crippen molar-refractivity contribution in [3.63, 3.8) is 0 Å². The van der Waals surface area contributed by atoms with Crippen molar-refractivity contribution in [1.82, 2.24) is 0 Å². The Kier molecular flexibility index (Phi) is 1.33. The van der Waals surface area contributed by atoms with Crippen LogP contribution in [0.5, 0.6) is 0 Å². The Labute approximate surface area is 72.7 Å². The van der Waals surface area contributed by atoms with E-state index in [4.69, 9.17) is 0 Å². The van der Waals surface area contributed by atoms with Crippen LogP contribution >= 0.6 is 0 Å². The molecule has 1 heterocycles. The zero-order valence-corrected chi connectivity index (χ0v) is 8.30. The van der Waals surface area contributed by atoms with E-state index in [-0.39, 0.29) is 11.8 Å². The third kappa shape index (κ3) is 0.577. The van der Waals surface area contributed by atoms with Gasteiger partial charge in [-0.25, -0.2) is 8.42 Å². The van der Waals surface area contributed by atoms with E-state index in [0.29, 0.717) is 0 Å². The average Bonchev–Trinajstić information content (AvgIpc) is 1.96. The Balaban J connectivity index is 2.38. The first-order chi connectivity index (χ1) is 5.32. The van der Waals surface area contributed by atoms with Gasteiger partial charge in [0.2, 0.25) is 0 Å². The van der Waals surface area contributed by atoms with Crippen LogP contribution in [0.4, 0.5) is 0 Å². The third-order valence-corrected chi connectivity index (χ3v) is 6.72. The quantitative estimate of drug-likeness (QED) is 0.593. The van der Waals surface area contributed by atoms with Gasteiger partial charge in [0.05, 0.1) is 16.1 Å². The highest BCUT2D eigenvalue weighted by atomic mass is 32.2. The highest BCUT2D eigenvalue weighted by Crippen LogP contribution is 2.59. The SMILES string of the molecule is C[C@@H]1[C@H](O)[C@@H]2[C@H]1C(C)(C)S2(=O)=O. The van der Waals surface area contributed by atoms with Crippen molar-refractivity contribution in [1.29, 1.82) is 0 Å². The molecule has 4 atom stereocenters. The average molecular weight is 190 g/mol. The fraction of sp³-hybridized carbons (Fsp3) is 1.00. The number of fused-ring (bicyclic) bond motifs is 1. The van der Waals surface area contributed by atoms with Crippen LogP contribution in [-0.4, -0.2) is 29.6 Å². The van der Waals surface area contributed by atoms with Gasteiger partial charge in [0.25, 0.3) is 0 Å². The molecule has 70 valence electrons. The standard InChI is InChI=1S/C8H14O3S/c1-4-5-7(6(4)9)12(10,11)8(5,2)3/h4-7,9H,1-3H3/t4-,5-,6-,7-/m0/s1. The second kappa shape index (κ2) is 1.87. The van der Waals surface area contributed by atoms with Gasteiger partial charge in [0, 0.05) is 5.92 Å². The van der Waals surface area contributed by atoms with Gasteiger partial charge in [-0.1, -0.05) is 6.92 Å². The van der Waals surface area contributed by atoms with Crippen molar-refractivity contribution in [2.24, 2.45) is 11.8 Å². The summed E-state index contributed by atoms with van der Waals surface area (Å²) in [7, 11) is -3.03. The normalized spacial score (nSPS) is 53.3. The van der Waals surface area contributed by atoms with E-state index < -0.39 is 25.9 Å². The molecule has 1 N–H and O–H groups in total. The van der Waals surface area contributed by atoms with Gasteiger partial charge in [-0.05, 0) is 19.8 Å². The zero-order chi connectivity index (χ0) is 9.31. The van der Waals surface area contributed by atoms with Gasteiger partial charge in [-0.15, -0.1) is 0 Å². The predicted molar refractivity (Wildman–Crippen MR) is 45.4 cm³/mol. The monoisotopic (exact) mass is 190 g/mol. The summed E-state index contributed by atoms with van der Waals surface area (Å²) >= 11 is 0. The number of sulfone groups is 1. The largest absolute Gasteiger partial charge is 0.391 e. The Hall–Kier alpha value is -0.0900. The maximum atomic E-state index is 11.5. The molecule has 0 bridgehead atoms. The molecule has 0 spiro atoms. The minimum absolute atomic E-state index is 0.147. The molecular formula is C8H14O3S. The van der Waals surface area contributed by atoms with Crippen LogP contribution in [0, 0.1) is 11.8 Å². The van der Waals surface area contributed by atoms with Crippen molar-refractivity contribution in [2.45, 2.75) is 36.9 Å². The second-order valence-electron chi connectivity index (χ2n) is 4.49. The lowest BCUT2D eigenvalue weighted by molar-refractivity contribution is -0.0531. The molecule has 0 radical (unpaired) electrons. The first kappa shape index (κ1) is 8.51. The van der Waals surface area contributed by atoms with Crippen molar-refractivity contribution < 1.29 is 13.5 Å². The summed E-state index contributed by atoms with van der Waals surface area (Å²) in [5.41, 5.74) is 0. The molecule has 0 amide bonds. The van der Waals surface area contributed by atoms with E-state index in [1.165, 1.54) is 0 Å². The van der Waals surface area contributed by atoms with Crippen LogP contribution < -0.4 is 0 Å². The minimum Gasteiger partial charge on any atom is -0.391 e. The summed E-state index contributed by atoms with van der Waals surface area (Å²) in [5.74, 6) is 0.325. The van der Waals surface area contributed by atoms with Crippen molar-refractivity contribution in [2.75, 3.05) is 0 Å². The van der Waals surface area contributed by atoms with E-state index in [9.17, 15) is 13.5 Å². The summed E-state index contributed by atoms with van der Waals surface area (Å²) in [6.07, 6.45) is -0.618. The molecule has 2 fully saturated rings. The molecule has 12 heavy (non-hydrogen) atoms. The Morgan fingerprint density at radius 1 is 1.33 bits per heavy atom. The van der Waals surface area contributed by atoms with E-state index >= 15 is 0 Å². The fourth-order valence-electron chi connectivity index (χ4n) is 2.75. The molecule has 1 aliphatic heterocycles. The van der Waals surface area contributed by atoms with Crippen LogP contribution in [0.3, 0.4) is 0 Å². The smallest absolute Gasteiger partial charge is 0.161 e. The summed E-state index contributed by atoms with van der Waals surface area (Å²) in [4.78, 5) is 0. The molecule has 0 aromatic carbocycles. The molecule has 1 saturated carbocycles. The molecule has 1 saturated heterocycles. The highest BCUT2D eigenvalue weighted by molar-refractivity contribution is 7.95. The Morgan fingerprint density at radius 3 is 2.25 bits per heavy atom. The molecule has 0 unspecified atom stereocenters. The van der Waals surface area contributed by atoms with Gasteiger partial charge in [-0.3, -0.25) is 0 Å². The molecule has 0 aromatic heterocycles. The fourth-order valence-corrected chi connectivity index (χ4v) is 5.56. The first-order valence-electron chi connectivity index (χ1n) is 4.23. The Bertz CT molecular complexity index is 317. The van der Waals surface area contributed by atoms with Crippen molar-refractivity contribution in [3.05, 3.63) is 0 Å². The predicted octanol–water partition coefficient (Wildman–Crippen LogP) is 0.189. The van der Waals surface area contributed by atoms with Crippen LogP contribution in [-0.2, 0) is 9.84 Å². The van der Waals surface area contributed by atoms with Crippen molar-refractivity contribution in [3.8, 4) is 0 Å². The highest BCUT2D eigenvalue weighted by Gasteiger charge is 2.73. The number of aliphatic hydroxyl groups excluding tert-OH is 1. The number of rotatable bonds is 0. The molecule has 2 rings (SSSR count). The molecule has 2 aliphatic rings. The lowest BCUT2D eigenvalue weighted by Gasteiger charge is -2.63. The lowest BCUT2D eigenvalue weighted by atomic mass is 9.64. The van der Waals surface area contributed by atoms with Crippen LogP contribution in [0.15, 0.2) is 0 Å². The number of hydrogen-bond acceptors (Lipinski definition) is 3. The summed E-state index contributed by atoms with van der Waals surface area (Å²) in [6, 6.07) is 0. The molecule has 0 aromatic rings. The maximum absolute atomic E-state index is 11.5. The number of hydrogen-bond donors (Lipinski definition) is 1. The minimum atomic E-state index is -3.03. The summed E-state index contributed by atoms with van der Waals surface area (Å²) < 4.78 is 22.5. The topological polar surface area (TPSA) is 54.4 Å². The van der Waals surface area contributed by atoms with Crippen LogP contribution in [0.1, 0.15) is 20.8 Å². The van der Waals surface area contributed by atoms with Crippen LogP contribution in [0.25, 0.3) is 0 Å². The number of aliphatic hydroxyl groups is 1. The Morgan fingerprint density at radius 2 is 1.83 bits per heavy atom. The molecular weight excluding hydrogens is 176 g/mol. The molecule has 3 nitrogen and oxygen atoms in total. The molecule has 1 aliphatic carbocycles. The van der Waals surface area contributed by atoms with Crippen molar-refractivity contribution >= 4 is 9.84 Å². The first-order valence-corrected chi connectivity index (χ1v) is 5.78. The van der Waals surface area contributed by atoms with Gasteiger partial charge in [0.1, 0.15) is 0 Å². The van der Waals surface area contributed by atoms with E-state index in [1.54, 1.807) is 13.8 Å². The third-order valence-electron chi connectivity index (χ3n) is 3.69. The van der Waals surface area contributed by atoms with E-state index in [2.05, 4.69) is 0 Å². The zero-order valence-electron chi connectivity index (χ0n) is 7.48. The van der Waals surface area contributed by atoms with Gasteiger partial charge in [-0.2, -0.15) is 0 Å². The lowest BCUT2D eigenvalue weighted by Crippen LogP contribution is -2.78. The van der Waals surface area contributed by atoms with Crippen LogP contribution in [0.2, 0.25) is 0 Å². The summed E-state index contributed by atoms with van der Waals surface area (Å²) in [6.45, 7) is 5.43. The second-order valence-corrected chi connectivity index (χ2v) is 7.18. The van der Waals surface area contributed by atoms with Gasteiger partial charge < -0.3 is 5.11 Å². The van der Waals surface area contributed by atoms with Gasteiger partial charge >= 0.3 is 0 Å². The molecule has 4 heteroatoms. The maximum Gasteiger partial charge on any atom is 0.161 e.